The summed E-state index contributed by atoms with van der Waals surface area (Å²) in [6, 6.07) is 0. The lowest BCUT2D eigenvalue weighted by Gasteiger charge is -2.06. The molecule has 39 heteroatoms. The molecule has 0 spiro atoms. The second-order valence-electron chi connectivity index (χ2n) is 29.6. The van der Waals surface area contributed by atoms with E-state index in [1.165, 1.54) is 110 Å². The third kappa shape index (κ3) is 251. The predicted molar refractivity (Wildman–Crippen MR) is 522 cm³/mol. The van der Waals surface area contributed by atoms with Crippen LogP contribution in [0.2, 0.25) is 0 Å². The van der Waals surface area contributed by atoms with Crippen molar-refractivity contribution in [2.24, 2.45) is 17.8 Å². The van der Waals surface area contributed by atoms with Gasteiger partial charge in [-0.3, -0.25) is 62.3 Å². The van der Waals surface area contributed by atoms with Gasteiger partial charge in [0.2, 0.25) is 0 Å². The van der Waals surface area contributed by atoms with E-state index in [0.717, 1.165) is 206 Å². The highest BCUT2D eigenvalue weighted by Crippen LogP contribution is 2.07. The van der Waals surface area contributed by atoms with Gasteiger partial charge in [0.1, 0.15) is 19.8 Å². The summed E-state index contributed by atoms with van der Waals surface area (Å²) in [5.74, 6) is -0.922. The molecule has 822 valence electrons. The minimum absolute atomic E-state index is 0.0509. The zero-order valence-electron chi connectivity index (χ0n) is 90.6. The van der Waals surface area contributed by atoms with Gasteiger partial charge in [0.15, 0.2) is 20.4 Å². The third-order valence-electron chi connectivity index (χ3n) is 14.6. The first kappa shape index (κ1) is 158. The van der Waals surface area contributed by atoms with Crippen molar-refractivity contribution in [3.8, 4) is 0 Å². The molecule has 0 saturated heterocycles. The number of carbonyl (C=O) groups excluding carboxylic acids is 13. The van der Waals surface area contributed by atoms with E-state index in [0.29, 0.717) is 125 Å². The first-order chi connectivity index (χ1) is 65.1. The standard InChI is InChI=1S/C12H24O3.2C10H20O3.2C9H18O3.C8H16O3.2C7H14O3.2C6H12O3.2C5H10O3.C4H8O3/c1-11(2)7-6-9-14-8-4-5-10-15-12(3)13;1-9(2)5-4-6-12-7-8-13-10(3)11;1-3-12-8-6-4-5-7-9-13-10(2)11;1-8(2)5-4-6-11-7-12-9(3)10;1-9(10)12-8-6-4-3-5-7-11-2;1-3-10-6-4-5-7-11-8(2)9;1-7(8)10-6-4-3-5-9-2;1-3-9-5-4-6-10-7(2)8;1-6(7)9-5-3-4-8-2;1-3-8-4-5-9-6(2)7;1-5(6)8-4-3-7-2;1-3-7-4-8-5(2)6;1-4(5)7-3-6-2/h11H,4-10H2,1-3H3;9H,4-8H2,1-3H3;3-9H2,1-2H3;8H,4-7H2,1-3H3;3-8H2,1-2H3;3-7H2,1-2H3;2*3-6H2,1-2H3;2*3-5H2,1-2H3;2*3-4H2,1-2H3;3H2,1-2H3. The minimum atomic E-state index is -0.318. The second-order valence-corrected chi connectivity index (χ2v) is 29.6. The van der Waals surface area contributed by atoms with Crippen LogP contribution < -0.4 is 0 Å². The van der Waals surface area contributed by atoms with Crippen molar-refractivity contribution in [2.75, 3.05) is 241 Å². The van der Waals surface area contributed by atoms with Crippen molar-refractivity contribution in [3.63, 3.8) is 0 Å². The molecule has 0 rings (SSSR count). The van der Waals surface area contributed by atoms with E-state index in [2.05, 4.69) is 84.2 Å². The van der Waals surface area contributed by atoms with E-state index >= 15 is 0 Å². The molecule has 0 bridgehead atoms. The molecule has 0 heterocycles. The Morgan fingerprint density at radius 2 is 0.328 bits per heavy atom. The molecule has 0 aromatic heterocycles. The van der Waals surface area contributed by atoms with Crippen LogP contribution in [0.1, 0.15) is 307 Å². The lowest BCUT2D eigenvalue weighted by Crippen LogP contribution is -2.08. The first-order valence-corrected chi connectivity index (χ1v) is 47.9. The van der Waals surface area contributed by atoms with Crippen molar-refractivity contribution in [3.05, 3.63) is 0 Å². The Kier molecular flexibility index (Phi) is 168. The Labute approximate surface area is 825 Å². The van der Waals surface area contributed by atoms with Crippen molar-refractivity contribution in [1.29, 1.82) is 0 Å². The number of unbranched alkanes of at least 4 members (excludes halogenated alkanes) is 9. The average molecular weight is 2000 g/mol. The van der Waals surface area contributed by atoms with Gasteiger partial charge in [-0.15, -0.1) is 0 Å². The molecule has 0 aliphatic rings. The molecule has 0 aromatic carbocycles. The van der Waals surface area contributed by atoms with E-state index in [-0.39, 0.29) is 98.0 Å². The molecular formula is C98H196O39. The molecule has 0 aromatic rings. The van der Waals surface area contributed by atoms with Crippen molar-refractivity contribution in [1.82, 2.24) is 0 Å². The number of rotatable bonds is 69. The monoisotopic (exact) mass is 2000 g/mol. The van der Waals surface area contributed by atoms with E-state index in [9.17, 15) is 62.3 Å². The number of esters is 13. The van der Waals surface area contributed by atoms with E-state index in [4.69, 9.17) is 80.5 Å². The smallest absolute Gasteiger partial charge is 0.304 e. The van der Waals surface area contributed by atoms with Crippen LogP contribution in [-0.4, -0.2) is 319 Å². The molecule has 0 saturated carbocycles. The molecule has 0 fully saturated rings. The lowest BCUT2D eigenvalue weighted by molar-refractivity contribution is -0.154. The van der Waals surface area contributed by atoms with E-state index < -0.39 is 0 Å². The molecule has 0 atom stereocenters. The van der Waals surface area contributed by atoms with Crippen LogP contribution in [-0.2, 0) is 185 Å². The van der Waals surface area contributed by atoms with Gasteiger partial charge in [-0.25, -0.2) is 0 Å². The van der Waals surface area contributed by atoms with Crippen LogP contribution in [0.5, 0.6) is 0 Å². The molecule has 0 N–H and O–H groups in total. The maximum Gasteiger partial charge on any atom is 0.304 e. The zero-order chi connectivity index (χ0) is 107. The fourth-order valence-corrected chi connectivity index (χ4v) is 8.05. The molecule has 0 unspecified atom stereocenters. The highest BCUT2D eigenvalue weighted by Gasteiger charge is 2.03. The zero-order valence-corrected chi connectivity index (χ0v) is 90.6. The van der Waals surface area contributed by atoms with Crippen LogP contribution in [0.25, 0.3) is 0 Å². The van der Waals surface area contributed by atoms with Crippen molar-refractivity contribution in [2.45, 2.75) is 307 Å². The summed E-state index contributed by atoms with van der Waals surface area (Å²) in [5.41, 5.74) is 0. The Morgan fingerprint density at radius 3 is 0.599 bits per heavy atom. The molecule has 137 heavy (non-hydrogen) atoms. The normalized spacial score (nSPS) is 9.66. The number of carbonyl (C=O) groups is 13. The first-order valence-electron chi connectivity index (χ1n) is 47.9. The molecular weight excluding hydrogens is 1800 g/mol. The molecule has 0 radical (unpaired) electrons. The second kappa shape index (κ2) is 146. The summed E-state index contributed by atoms with van der Waals surface area (Å²) in [7, 11) is 8.00. The van der Waals surface area contributed by atoms with Crippen LogP contribution >= 0.6 is 0 Å². The summed E-state index contributed by atoms with van der Waals surface area (Å²) in [5, 5.41) is 0. The Hall–Kier alpha value is -7.41. The number of ether oxygens (including phenoxy) is 26. The van der Waals surface area contributed by atoms with Crippen LogP contribution in [0, 0.1) is 17.8 Å². The highest BCUT2D eigenvalue weighted by atomic mass is 16.7. The van der Waals surface area contributed by atoms with Gasteiger partial charge in [-0.05, 0) is 168 Å². The Morgan fingerprint density at radius 1 is 0.153 bits per heavy atom. The molecule has 0 aliphatic carbocycles. The number of hydrogen-bond acceptors (Lipinski definition) is 39. The van der Waals surface area contributed by atoms with Gasteiger partial charge in [-0.1, -0.05) is 54.4 Å². The summed E-state index contributed by atoms with van der Waals surface area (Å²) >= 11 is 0. The van der Waals surface area contributed by atoms with E-state index in [1.54, 1.807) is 28.4 Å². The molecule has 0 aliphatic heterocycles. The predicted octanol–water partition coefficient (Wildman–Crippen LogP) is 16.0. The molecule has 0 amide bonds. The summed E-state index contributed by atoms with van der Waals surface area (Å²) in [4.78, 5) is 133. The van der Waals surface area contributed by atoms with Gasteiger partial charge >= 0.3 is 77.6 Å². The van der Waals surface area contributed by atoms with Crippen LogP contribution in [0.4, 0.5) is 0 Å². The van der Waals surface area contributed by atoms with Gasteiger partial charge in [-0.2, -0.15) is 0 Å². The maximum atomic E-state index is 10.4. The molecule has 39 nitrogen and oxygen atoms in total. The SMILES string of the molecule is CC(=O)OCCCCOCCCC(C)C.CC(=O)OCCOCCCC(C)C.CC(=O)OCOCCCC(C)C.CCOCCCCCCOC(C)=O.CCOCCCCOC(C)=O.CCOCCCOC(C)=O.CCOCCOC(C)=O.CCOCOC(C)=O.COCCCCCCOC(C)=O.COCCCCOC(C)=O.COCCCOC(C)=O.COCCOC(C)=O.COCOC(C)=O. The quantitative estimate of drug-likeness (QED) is 0.0236. The maximum absolute atomic E-state index is 10.4. The van der Waals surface area contributed by atoms with Gasteiger partial charge in [0.25, 0.3) is 0 Å². The summed E-state index contributed by atoms with van der Waals surface area (Å²) in [6.07, 6.45) is 22.6. The van der Waals surface area contributed by atoms with E-state index in [1.807, 2.05) is 34.6 Å². The number of methoxy groups -OCH3 is 5. The topological polar surface area (TPSA) is 462 Å². The minimum Gasteiger partial charge on any atom is -0.466 e. The lowest BCUT2D eigenvalue weighted by atomic mass is 10.1. The summed E-state index contributed by atoms with van der Waals surface area (Å²) < 4.78 is 124. The summed E-state index contributed by atoms with van der Waals surface area (Å²) in [6.45, 7) is 58.4. The Balaban J connectivity index is -0.000000111. The van der Waals surface area contributed by atoms with Crippen molar-refractivity contribution < 1.29 is 185 Å². The third-order valence-corrected chi connectivity index (χ3v) is 14.6. The number of hydrogen-bond donors (Lipinski definition) is 0. The van der Waals surface area contributed by atoms with Gasteiger partial charge in [0.05, 0.1) is 72.7 Å². The Bertz CT molecular complexity index is 2440. The largest absolute Gasteiger partial charge is 0.466 e. The van der Waals surface area contributed by atoms with Gasteiger partial charge < -0.3 is 123 Å². The van der Waals surface area contributed by atoms with Crippen LogP contribution in [0.3, 0.4) is 0 Å². The highest BCUT2D eigenvalue weighted by molar-refractivity contribution is 5.69. The fourth-order valence-electron chi connectivity index (χ4n) is 8.05. The average Bonchev–Trinajstić information content (AvgIpc) is 1.09. The van der Waals surface area contributed by atoms with Crippen molar-refractivity contribution >= 4 is 77.6 Å². The van der Waals surface area contributed by atoms with Gasteiger partial charge in [0, 0.05) is 231 Å². The van der Waals surface area contributed by atoms with Crippen LogP contribution in [0.15, 0.2) is 0 Å². The fraction of sp³-hybridized carbons (Fsp3) is 0.867.